The van der Waals surface area contributed by atoms with Gasteiger partial charge in [-0.25, -0.2) is 9.59 Å². The van der Waals surface area contributed by atoms with Crippen molar-refractivity contribution >= 4 is 22.7 Å². The summed E-state index contributed by atoms with van der Waals surface area (Å²) in [6.07, 6.45) is -1.22. The molecule has 2 N–H and O–H groups in total. The summed E-state index contributed by atoms with van der Waals surface area (Å²) in [7, 11) is 0. The first-order chi connectivity index (χ1) is 7.16. The lowest BCUT2D eigenvalue weighted by Gasteiger charge is -2.03. The molecule has 0 aliphatic heterocycles. The smallest absolute Gasteiger partial charge is 0.409 e. The van der Waals surface area contributed by atoms with Gasteiger partial charge >= 0.3 is 11.7 Å². The Morgan fingerprint density at radius 1 is 1.33 bits per heavy atom. The Balaban J connectivity index is 2.71. The SMILES string of the molecule is O=C(O)Nc1cc(=O)oc2ccccc12. The van der Waals surface area contributed by atoms with E-state index in [1.54, 1.807) is 24.3 Å². The van der Waals surface area contributed by atoms with Gasteiger partial charge in [0.05, 0.1) is 5.69 Å². The van der Waals surface area contributed by atoms with Crippen LogP contribution in [0.25, 0.3) is 11.0 Å². The molecule has 15 heavy (non-hydrogen) atoms. The third kappa shape index (κ3) is 1.80. The van der Waals surface area contributed by atoms with E-state index >= 15 is 0 Å². The minimum atomic E-state index is -1.22. The fourth-order valence-corrected chi connectivity index (χ4v) is 1.33. The van der Waals surface area contributed by atoms with Crippen molar-refractivity contribution in [1.29, 1.82) is 0 Å². The molecule has 0 radical (unpaired) electrons. The van der Waals surface area contributed by atoms with Crippen molar-refractivity contribution in [2.75, 3.05) is 5.32 Å². The molecule has 2 rings (SSSR count). The maximum Gasteiger partial charge on any atom is 0.409 e. The van der Waals surface area contributed by atoms with Crippen LogP contribution < -0.4 is 10.9 Å². The van der Waals surface area contributed by atoms with Crippen LogP contribution in [-0.2, 0) is 0 Å². The monoisotopic (exact) mass is 205 g/mol. The average molecular weight is 205 g/mol. The van der Waals surface area contributed by atoms with Crippen molar-refractivity contribution in [3.8, 4) is 0 Å². The number of fused-ring (bicyclic) bond motifs is 1. The molecule has 0 aliphatic rings. The Hall–Kier alpha value is -2.30. The summed E-state index contributed by atoms with van der Waals surface area (Å²) in [5, 5.41) is 11.3. The summed E-state index contributed by atoms with van der Waals surface area (Å²) >= 11 is 0. The number of amides is 1. The normalized spacial score (nSPS) is 10.1. The third-order valence-electron chi connectivity index (χ3n) is 1.89. The maximum atomic E-state index is 11.1. The van der Waals surface area contributed by atoms with Gasteiger partial charge in [0.25, 0.3) is 0 Å². The molecule has 0 bridgehead atoms. The van der Waals surface area contributed by atoms with Crippen molar-refractivity contribution in [2.24, 2.45) is 0 Å². The summed E-state index contributed by atoms with van der Waals surface area (Å²) < 4.78 is 4.90. The minimum Gasteiger partial charge on any atom is -0.465 e. The zero-order chi connectivity index (χ0) is 10.8. The van der Waals surface area contributed by atoms with Crippen molar-refractivity contribution in [1.82, 2.24) is 0 Å². The van der Waals surface area contributed by atoms with E-state index < -0.39 is 11.7 Å². The van der Waals surface area contributed by atoms with E-state index in [0.29, 0.717) is 11.0 Å². The van der Waals surface area contributed by atoms with Crippen molar-refractivity contribution < 1.29 is 14.3 Å². The predicted octanol–water partition coefficient (Wildman–Crippen LogP) is 1.88. The molecule has 1 aromatic heterocycles. The quantitative estimate of drug-likeness (QED) is 0.696. The Morgan fingerprint density at radius 3 is 2.80 bits per heavy atom. The molecule has 1 aromatic carbocycles. The zero-order valence-electron chi connectivity index (χ0n) is 7.56. The van der Waals surface area contributed by atoms with E-state index in [-0.39, 0.29) is 5.69 Å². The molecule has 76 valence electrons. The summed E-state index contributed by atoms with van der Waals surface area (Å²) in [5.74, 6) is 0. The Labute approximate surface area is 83.9 Å². The number of nitrogens with one attached hydrogen (secondary N) is 1. The molecule has 1 heterocycles. The number of carbonyl (C=O) groups is 1. The Kier molecular flexibility index (Phi) is 2.13. The predicted molar refractivity (Wildman–Crippen MR) is 54.1 cm³/mol. The molecule has 0 fully saturated rings. The van der Waals surface area contributed by atoms with Crippen LogP contribution in [0.2, 0.25) is 0 Å². The van der Waals surface area contributed by atoms with Crippen LogP contribution in [0.4, 0.5) is 10.5 Å². The molecule has 1 amide bonds. The number of anilines is 1. The highest BCUT2D eigenvalue weighted by atomic mass is 16.4. The molecule has 0 atom stereocenters. The van der Waals surface area contributed by atoms with Crippen LogP contribution in [-0.4, -0.2) is 11.2 Å². The minimum absolute atomic E-state index is 0.231. The molecular weight excluding hydrogens is 198 g/mol. The highest BCUT2D eigenvalue weighted by Gasteiger charge is 2.06. The van der Waals surface area contributed by atoms with E-state index in [4.69, 9.17) is 9.52 Å². The molecule has 0 saturated heterocycles. The molecule has 0 spiro atoms. The number of carboxylic acid groups (broad SMARTS) is 1. The van der Waals surface area contributed by atoms with Gasteiger partial charge in [0.15, 0.2) is 0 Å². The second kappa shape index (κ2) is 3.45. The number of rotatable bonds is 1. The summed E-state index contributed by atoms with van der Waals surface area (Å²) in [4.78, 5) is 21.6. The lowest BCUT2D eigenvalue weighted by molar-refractivity contribution is 0.210. The van der Waals surface area contributed by atoms with Crippen LogP contribution in [0.1, 0.15) is 0 Å². The van der Waals surface area contributed by atoms with Crippen molar-refractivity contribution in [3.05, 3.63) is 40.8 Å². The van der Waals surface area contributed by atoms with Gasteiger partial charge in [0, 0.05) is 11.5 Å². The van der Waals surface area contributed by atoms with Gasteiger partial charge in [-0.2, -0.15) is 0 Å². The summed E-state index contributed by atoms with van der Waals surface area (Å²) in [6, 6.07) is 7.81. The average Bonchev–Trinajstić information content (AvgIpc) is 2.16. The van der Waals surface area contributed by atoms with E-state index in [1.807, 2.05) is 0 Å². The van der Waals surface area contributed by atoms with E-state index in [0.717, 1.165) is 6.07 Å². The van der Waals surface area contributed by atoms with E-state index in [1.165, 1.54) is 0 Å². The van der Waals surface area contributed by atoms with E-state index in [9.17, 15) is 9.59 Å². The largest absolute Gasteiger partial charge is 0.465 e. The summed E-state index contributed by atoms with van der Waals surface area (Å²) in [5.41, 5.74) is 0.000509. The standard InChI is InChI=1S/C10H7NO4/c12-9-5-7(11-10(13)14)6-3-1-2-4-8(6)15-9/h1-5,11H,(H,13,14). The van der Waals surface area contributed by atoms with Crippen molar-refractivity contribution in [3.63, 3.8) is 0 Å². The molecular formula is C10H7NO4. The maximum absolute atomic E-state index is 11.1. The molecule has 5 heteroatoms. The first-order valence-corrected chi connectivity index (χ1v) is 4.19. The fraction of sp³-hybridized carbons (Fsp3) is 0. The number of benzene rings is 1. The van der Waals surface area contributed by atoms with Crippen LogP contribution in [0, 0.1) is 0 Å². The second-order valence-electron chi connectivity index (χ2n) is 2.91. The molecule has 0 aliphatic carbocycles. The molecule has 0 unspecified atom stereocenters. The zero-order valence-corrected chi connectivity index (χ0v) is 7.56. The molecule has 2 aromatic rings. The first-order valence-electron chi connectivity index (χ1n) is 4.19. The second-order valence-corrected chi connectivity index (χ2v) is 2.91. The van der Waals surface area contributed by atoms with Gasteiger partial charge in [-0.15, -0.1) is 0 Å². The highest BCUT2D eigenvalue weighted by Crippen LogP contribution is 2.20. The lowest BCUT2D eigenvalue weighted by atomic mass is 10.2. The Morgan fingerprint density at radius 2 is 2.07 bits per heavy atom. The topological polar surface area (TPSA) is 79.5 Å². The third-order valence-corrected chi connectivity index (χ3v) is 1.89. The number of hydrogen-bond acceptors (Lipinski definition) is 3. The van der Waals surface area contributed by atoms with Crippen LogP contribution >= 0.6 is 0 Å². The number of hydrogen-bond donors (Lipinski definition) is 2. The Bertz CT molecular complexity index is 573. The van der Waals surface area contributed by atoms with Crippen molar-refractivity contribution in [2.45, 2.75) is 0 Å². The van der Waals surface area contributed by atoms with Crippen LogP contribution in [0.5, 0.6) is 0 Å². The van der Waals surface area contributed by atoms with Gasteiger partial charge < -0.3 is 9.52 Å². The molecule has 0 saturated carbocycles. The highest BCUT2D eigenvalue weighted by molar-refractivity contribution is 5.96. The fourth-order valence-electron chi connectivity index (χ4n) is 1.33. The van der Waals surface area contributed by atoms with Crippen LogP contribution in [0.15, 0.2) is 39.5 Å². The number of para-hydroxylation sites is 1. The summed E-state index contributed by atoms with van der Waals surface area (Å²) in [6.45, 7) is 0. The van der Waals surface area contributed by atoms with Crippen LogP contribution in [0.3, 0.4) is 0 Å². The van der Waals surface area contributed by atoms with Gasteiger partial charge in [-0.05, 0) is 12.1 Å². The molecule has 5 nitrogen and oxygen atoms in total. The van der Waals surface area contributed by atoms with Gasteiger partial charge in [-0.3, -0.25) is 5.32 Å². The van der Waals surface area contributed by atoms with Gasteiger partial charge in [0.1, 0.15) is 5.58 Å². The van der Waals surface area contributed by atoms with E-state index in [2.05, 4.69) is 5.32 Å². The van der Waals surface area contributed by atoms with Gasteiger partial charge in [0.2, 0.25) is 0 Å². The van der Waals surface area contributed by atoms with Gasteiger partial charge in [-0.1, -0.05) is 12.1 Å². The lowest BCUT2D eigenvalue weighted by Crippen LogP contribution is -2.10. The first kappa shape index (κ1) is 9.26.